The van der Waals surface area contributed by atoms with Crippen LogP contribution in [0.5, 0.6) is 0 Å². The summed E-state index contributed by atoms with van der Waals surface area (Å²) in [5.41, 5.74) is 3.79. The van der Waals surface area contributed by atoms with Gasteiger partial charge < -0.3 is 14.3 Å². The van der Waals surface area contributed by atoms with Crippen molar-refractivity contribution in [2.75, 3.05) is 11.4 Å². The first-order chi connectivity index (χ1) is 13.5. The molecule has 4 nitrogen and oxygen atoms in total. The lowest BCUT2D eigenvalue weighted by atomic mass is 9.92. The molecule has 7 heteroatoms. The first kappa shape index (κ1) is 19.6. The minimum Gasteiger partial charge on any atom is -0.310 e. The molecule has 28 heavy (non-hydrogen) atoms. The van der Waals surface area contributed by atoms with E-state index in [2.05, 4.69) is 16.4 Å². The second-order valence-corrected chi connectivity index (χ2v) is 8.26. The van der Waals surface area contributed by atoms with Gasteiger partial charge in [0.2, 0.25) is 5.95 Å². The van der Waals surface area contributed by atoms with E-state index in [1.165, 1.54) is 0 Å². The molecule has 0 N–H and O–H groups in total. The monoisotopic (exact) mass is 435 g/mol. The van der Waals surface area contributed by atoms with Crippen molar-refractivity contribution in [3.05, 3.63) is 51.0 Å². The third-order valence-electron chi connectivity index (χ3n) is 5.38. The van der Waals surface area contributed by atoms with E-state index in [0.29, 0.717) is 21.5 Å². The van der Waals surface area contributed by atoms with Gasteiger partial charge in [-0.05, 0) is 48.6 Å². The molecule has 0 fully saturated rings. The predicted molar refractivity (Wildman–Crippen MR) is 117 cm³/mol. The Morgan fingerprint density at radius 2 is 1.96 bits per heavy atom. The molecule has 2 aromatic carbocycles. The Morgan fingerprint density at radius 3 is 2.68 bits per heavy atom. The summed E-state index contributed by atoms with van der Waals surface area (Å²) < 4.78 is 2.21. The minimum atomic E-state index is 0.146. The van der Waals surface area contributed by atoms with E-state index in [1.807, 2.05) is 24.3 Å². The average Bonchev–Trinajstić information content (AvgIpc) is 3.08. The van der Waals surface area contributed by atoms with Gasteiger partial charge in [0.1, 0.15) is 11.8 Å². The molecule has 0 amide bonds. The molecule has 0 bridgehead atoms. The highest BCUT2D eigenvalue weighted by Crippen LogP contribution is 2.41. The lowest BCUT2D eigenvalue weighted by Crippen LogP contribution is -2.28. The van der Waals surface area contributed by atoms with Gasteiger partial charge in [-0.25, -0.2) is 4.98 Å². The summed E-state index contributed by atoms with van der Waals surface area (Å²) in [6.07, 6.45) is 3.30. The van der Waals surface area contributed by atoms with Crippen molar-refractivity contribution in [1.82, 2.24) is 9.55 Å². The van der Waals surface area contributed by atoms with Gasteiger partial charge in [-0.15, -0.1) is 0 Å². The number of halogens is 3. The molecule has 1 aromatic heterocycles. The third-order valence-corrected chi connectivity index (χ3v) is 6.22. The van der Waals surface area contributed by atoms with Crippen molar-refractivity contribution in [3.63, 3.8) is 0 Å². The van der Waals surface area contributed by atoms with Crippen molar-refractivity contribution < 1.29 is 4.79 Å². The maximum atomic E-state index is 11.2. The molecule has 0 saturated heterocycles. The molecular formula is C21H20Cl3N3O. The molecule has 4 rings (SSSR count). The number of nitrogens with zero attached hydrogens (tertiary/aromatic N) is 3. The highest BCUT2D eigenvalue weighted by atomic mass is 35.5. The minimum absolute atomic E-state index is 0.146. The van der Waals surface area contributed by atoms with Gasteiger partial charge in [-0.2, -0.15) is 0 Å². The van der Waals surface area contributed by atoms with E-state index in [9.17, 15) is 4.79 Å². The van der Waals surface area contributed by atoms with Crippen LogP contribution < -0.4 is 4.90 Å². The molecule has 2 heterocycles. The third kappa shape index (κ3) is 3.28. The lowest BCUT2D eigenvalue weighted by molar-refractivity contribution is -0.108. The Labute approximate surface area is 179 Å². The maximum Gasteiger partial charge on any atom is 0.211 e. The number of fused-ring (bicyclic) bond motifs is 3. The molecule has 146 valence electrons. The van der Waals surface area contributed by atoms with Crippen molar-refractivity contribution in [3.8, 4) is 0 Å². The van der Waals surface area contributed by atoms with Crippen LogP contribution in [0.4, 0.5) is 11.6 Å². The first-order valence-electron chi connectivity index (χ1n) is 9.40. The van der Waals surface area contributed by atoms with Crippen LogP contribution in [0.15, 0.2) is 30.3 Å². The van der Waals surface area contributed by atoms with Gasteiger partial charge in [0.25, 0.3) is 0 Å². The number of benzene rings is 2. The molecule has 1 atom stereocenters. The summed E-state index contributed by atoms with van der Waals surface area (Å²) in [7, 11) is 0. The Hall–Kier alpha value is -1.75. The van der Waals surface area contributed by atoms with Crippen molar-refractivity contribution in [2.24, 2.45) is 0 Å². The molecule has 1 aliphatic rings. The van der Waals surface area contributed by atoms with Gasteiger partial charge in [-0.3, -0.25) is 0 Å². The van der Waals surface area contributed by atoms with Gasteiger partial charge in [0.15, 0.2) is 0 Å². The number of aromatic nitrogens is 2. The fourth-order valence-electron chi connectivity index (χ4n) is 4.01. The topological polar surface area (TPSA) is 38.1 Å². The second kappa shape index (κ2) is 7.94. The van der Waals surface area contributed by atoms with Crippen LogP contribution in [-0.4, -0.2) is 22.4 Å². The first-order valence-corrected chi connectivity index (χ1v) is 10.5. The second-order valence-electron chi connectivity index (χ2n) is 7.01. The highest BCUT2D eigenvalue weighted by Gasteiger charge is 2.27. The van der Waals surface area contributed by atoms with E-state index in [1.54, 1.807) is 6.07 Å². The number of carbonyl (C=O) groups is 1. The zero-order chi connectivity index (χ0) is 19.8. The molecule has 3 aromatic rings. The fraction of sp³-hybridized carbons (Fsp3) is 0.333. The normalized spacial score (nSPS) is 14.9. The highest BCUT2D eigenvalue weighted by molar-refractivity contribution is 6.36. The van der Waals surface area contributed by atoms with Gasteiger partial charge in [0, 0.05) is 24.5 Å². The number of rotatable bonds is 5. The summed E-state index contributed by atoms with van der Waals surface area (Å²) in [4.78, 5) is 18.2. The Kier molecular flexibility index (Phi) is 5.55. The smallest absolute Gasteiger partial charge is 0.211 e. The summed E-state index contributed by atoms with van der Waals surface area (Å²) in [6, 6.07) is 9.41. The van der Waals surface area contributed by atoms with E-state index in [0.717, 1.165) is 60.4 Å². The average molecular weight is 437 g/mol. The van der Waals surface area contributed by atoms with Crippen LogP contribution in [0.1, 0.15) is 37.7 Å². The summed E-state index contributed by atoms with van der Waals surface area (Å²) >= 11 is 19.1. The summed E-state index contributed by atoms with van der Waals surface area (Å²) in [6.45, 7) is 3.75. The Bertz CT molecular complexity index is 1050. The summed E-state index contributed by atoms with van der Waals surface area (Å²) in [5, 5.41) is 1.81. The molecule has 1 aliphatic heterocycles. The zero-order valence-corrected chi connectivity index (χ0v) is 17.7. The molecule has 0 spiro atoms. The molecule has 0 aliphatic carbocycles. The predicted octanol–water partition coefficient (Wildman–Crippen LogP) is 6.62. The van der Waals surface area contributed by atoms with Crippen LogP contribution in [0.2, 0.25) is 15.1 Å². The number of carbonyl (C=O) groups excluding carboxylic acids is 1. The van der Waals surface area contributed by atoms with E-state index in [-0.39, 0.29) is 5.92 Å². The van der Waals surface area contributed by atoms with Crippen molar-refractivity contribution in [1.29, 1.82) is 0 Å². The lowest BCUT2D eigenvalue weighted by Gasteiger charge is -2.30. The van der Waals surface area contributed by atoms with Crippen LogP contribution in [0.3, 0.4) is 0 Å². The van der Waals surface area contributed by atoms with E-state index in [4.69, 9.17) is 39.8 Å². The van der Waals surface area contributed by atoms with E-state index < -0.39 is 0 Å². The van der Waals surface area contributed by atoms with Crippen LogP contribution in [-0.2, 0) is 11.3 Å². The molecule has 1 unspecified atom stereocenters. The standard InChI is InChI=1S/C21H20Cl3N3O/c1-2-13(8-11-28)15-5-6-16(23)19-20(15)27-10-3-9-26(21(27)25-19)18-7-4-14(22)12-17(18)24/h4-7,11-13H,2-3,8-10H2,1H3. The van der Waals surface area contributed by atoms with E-state index >= 15 is 0 Å². The molecule has 0 saturated carbocycles. The Morgan fingerprint density at radius 1 is 1.14 bits per heavy atom. The largest absolute Gasteiger partial charge is 0.310 e. The summed E-state index contributed by atoms with van der Waals surface area (Å²) in [5.74, 6) is 0.966. The number of anilines is 2. The van der Waals surface area contributed by atoms with Crippen LogP contribution >= 0.6 is 34.8 Å². The number of hydrogen-bond acceptors (Lipinski definition) is 3. The SMILES string of the molecule is CCC(CC=O)c1ccc(Cl)c2nc3n(c12)CCCN3c1ccc(Cl)cc1Cl. The number of aryl methyl sites for hydroxylation is 1. The van der Waals surface area contributed by atoms with Gasteiger partial charge in [0.05, 0.1) is 21.2 Å². The molecule has 0 radical (unpaired) electrons. The number of hydrogen-bond donors (Lipinski definition) is 0. The van der Waals surface area contributed by atoms with Crippen molar-refractivity contribution >= 4 is 63.8 Å². The van der Waals surface area contributed by atoms with Gasteiger partial charge in [-0.1, -0.05) is 47.8 Å². The fourth-order valence-corrected chi connectivity index (χ4v) is 4.72. The maximum absolute atomic E-state index is 11.2. The molecular weight excluding hydrogens is 417 g/mol. The quantitative estimate of drug-likeness (QED) is 0.422. The van der Waals surface area contributed by atoms with Crippen molar-refractivity contribution in [2.45, 2.75) is 38.6 Å². The van der Waals surface area contributed by atoms with Gasteiger partial charge >= 0.3 is 0 Å². The van der Waals surface area contributed by atoms with Crippen LogP contribution in [0, 0.1) is 0 Å². The Balaban J connectivity index is 1.93. The van der Waals surface area contributed by atoms with Crippen LogP contribution in [0.25, 0.3) is 11.0 Å². The number of imidazole rings is 1. The number of aldehydes is 1. The zero-order valence-electron chi connectivity index (χ0n) is 15.5.